The highest BCUT2D eigenvalue weighted by atomic mass is 35.5. The molecule has 1 aromatic rings. The van der Waals surface area contributed by atoms with Gasteiger partial charge in [0.2, 0.25) is 0 Å². The topological polar surface area (TPSA) is 21.3 Å². The number of ether oxygens (including phenoxy) is 1. The smallest absolute Gasteiger partial charge is 0.141 e. The van der Waals surface area contributed by atoms with Gasteiger partial charge >= 0.3 is 0 Å². The van der Waals surface area contributed by atoms with E-state index in [2.05, 4.69) is 12.2 Å². The van der Waals surface area contributed by atoms with Crippen molar-refractivity contribution in [3.05, 3.63) is 34.6 Å². The van der Waals surface area contributed by atoms with Gasteiger partial charge in [-0.05, 0) is 31.0 Å². The lowest BCUT2D eigenvalue weighted by molar-refractivity contribution is 0.157. The molecule has 0 aliphatic rings. The SMILES string of the molecule is CCCC(COC)NC(C)c1ccc(F)c(Cl)c1. The van der Waals surface area contributed by atoms with Crippen molar-refractivity contribution in [1.82, 2.24) is 5.32 Å². The predicted octanol–water partition coefficient (Wildman–Crippen LogP) is 3.94. The maximum absolute atomic E-state index is 13.1. The molecule has 0 amide bonds. The number of nitrogens with one attached hydrogen (secondary N) is 1. The number of hydrogen-bond acceptors (Lipinski definition) is 2. The monoisotopic (exact) mass is 273 g/mol. The Kier molecular flexibility index (Phi) is 6.61. The summed E-state index contributed by atoms with van der Waals surface area (Å²) in [7, 11) is 1.70. The first-order chi connectivity index (χ1) is 8.58. The van der Waals surface area contributed by atoms with Gasteiger partial charge in [0.1, 0.15) is 5.82 Å². The van der Waals surface area contributed by atoms with Gasteiger partial charge in [0.05, 0.1) is 11.6 Å². The Morgan fingerprint density at radius 1 is 1.44 bits per heavy atom. The van der Waals surface area contributed by atoms with Crippen LogP contribution in [0, 0.1) is 5.82 Å². The van der Waals surface area contributed by atoms with E-state index < -0.39 is 0 Å². The summed E-state index contributed by atoms with van der Waals surface area (Å²) >= 11 is 5.79. The Morgan fingerprint density at radius 2 is 2.17 bits per heavy atom. The number of methoxy groups -OCH3 is 1. The number of benzene rings is 1. The second-order valence-corrected chi connectivity index (χ2v) is 4.91. The van der Waals surface area contributed by atoms with E-state index in [9.17, 15) is 4.39 Å². The van der Waals surface area contributed by atoms with E-state index in [1.54, 1.807) is 19.2 Å². The molecule has 18 heavy (non-hydrogen) atoms. The van der Waals surface area contributed by atoms with Crippen LogP contribution in [0.2, 0.25) is 5.02 Å². The van der Waals surface area contributed by atoms with Crippen molar-refractivity contribution < 1.29 is 9.13 Å². The first-order valence-corrected chi connectivity index (χ1v) is 6.66. The number of halogens is 2. The van der Waals surface area contributed by atoms with Crippen molar-refractivity contribution in [1.29, 1.82) is 0 Å². The molecule has 0 saturated carbocycles. The Hall–Kier alpha value is -0.640. The molecule has 1 rings (SSSR count). The molecule has 0 radical (unpaired) electrons. The molecule has 4 heteroatoms. The molecular weight excluding hydrogens is 253 g/mol. The van der Waals surface area contributed by atoms with Crippen molar-refractivity contribution in [3.63, 3.8) is 0 Å². The highest BCUT2D eigenvalue weighted by Crippen LogP contribution is 2.21. The molecule has 2 unspecified atom stereocenters. The van der Waals surface area contributed by atoms with Crippen LogP contribution in [0.1, 0.15) is 38.3 Å². The first-order valence-electron chi connectivity index (χ1n) is 6.28. The van der Waals surface area contributed by atoms with E-state index >= 15 is 0 Å². The van der Waals surface area contributed by atoms with E-state index in [0.717, 1.165) is 18.4 Å². The quantitative estimate of drug-likeness (QED) is 0.812. The lowest BCUT2D eigenvalue weighted by atomic mass is 10.1. The normalized spacial score (nSPS) is 14.5. The Balaban J connectivity index is 2.67. The summed E-state index contributed by atoms with van der Waals surface area (Å²) in [5.41, 5.74) is 0.985. The standard InChI is InChI=1S/C14H21ClFNO/c1-4-5-12(9-18-3)17-10(2)11-6-7-14(16)13(15)8-11/h6-8,10,12,17H,4-5,9H2,1-3H3. The molecule has 0 heterocycles. The van der Waals surface area contributed by atoms with E-state index in [4.69, 9.17) is 16.3 Å². The summed E-state index contributed by atoms with van der Waals surface area (Å²) in [5.74, 6) is -0.380. The summed E-state index contributed by atoms with van der Waals surface area (Å²) in [6.45, 7) is 4.86. The molecule has 0 aliphatic heterocycles. The van der Waals surface area contributed by atoms with Crippen molar-refractivity contribution in [3.8, 4) is 0 Å². The first kappa shape index (κ1) is 15.4. The van der Waals surface area contributed by atoms with Crippen LogP contribution in [0.5, 0.6) is 0 Å². The van der Waals surface area contributed by atoms with Gasteiger partial charge in [0.15, 0.2) is 0 Å². The Labute approximate surface area is 113 Å². The van der Waals surface area contributed by atoms with Crippen LogP contribution in [0.3, 0.4) is 0 Å². The van der Waals surface area contributed by atoms with Gasteiger partial charge in [-0.2, -0.15) is 0 Å². The predicted molar refractivity (Wildman–Crippen MR) is 73.5 cm³/mol. The lowest BCUT2D eigenvalue weighted by Gasteiger charge is -2.23. The van der Waals surface area contributed by atoms with Gasteiger partial charge in [-0.1, -0.05) is 31.0 Å². The maximum atomic E-state index is 13.1. The molecule has 2 atom stereocenters. The van der Waals surface area contributed by atoms with Crippen molar-refractivity contribution in [2.75, 3.05) is 13.7 Å². The highest BCUT2D eigenvalue weighted by Gasteiger charge is 2.13. The zero-order valence-electron chi connectivity index (χ0n) is 11.2. The average molecular weight is 274 g/mol. The van der Waals surface area contributed by atoms with Gasteiger partial charge in [-0.25, -0.2) is 4.39 Å². The molecule has 102 valence electrons. The van der Waals surface area contributed by atoms with Crippen molar-refractivity contribution in [2.24, 2.45) is 0 Å². The molecule has 0 aliphatic carbocycles. The number of rotatable bonds is 7. The van der Waals surface area contributed by atoms with E-state index in [1.165, 1.54) is 6.07 Å². The zero-order chi connectivity index (χ0) is 13.5. The molecule has 1 aromatic carbocycles. The maximum Gasteiger partial charge on any atom is 0.141 e. The summed E-state index contributed by atoms with van der Waals surface area (Å²) in [6, 6.07) is 5.26. The van der Waals surface area contributed by atoms with Crippen LogP contribution in [-0.4, -0.2) is 19.8 Å². The van der Waals surface area contributed by atoms with E-state index in [0.29, 0.717) is 12.6 Å². The van der Waals surface area contributed by atoms with Crippen LogP contribution in [0.25, 0.3) is 0 Å². The molecule has 0 aromatic heterocycles. The second-order valence-electron chi connectivity index (χ2n) is 4.50. The minimum atomic E-state index is -0.380. The summed E-state index contributed by atoms with van der Waals surface area (Å²) < 4.78 is 18.3. The minimum Gasteiger partial charge on any atom is -0.383 e. The van der Waals surface area contributed by atoms with E-state index in [-0.39, 0.29) is 16.9 Å². The molecule has 2 nitrogen and oxygen atoms in total. The van der Waals surface area contributed by atoms with Crippen LogP contribution in [0.15, 0.2) is 18.2 Å². The third kappa shape index (κ3) is 4.56. The van der Waals surface area contributed by atoms with Gasteiger partial charge < -0.3 is 10.1 Å². The van der Waals surface area contributed by atoms with E-state index in [1.807, 2.05) is 6.92 Å². The van der Waals surface area contributed by atoms with Crippen LogP contribution < -0.4 is 5.32 Å². The summed E-state index contributed by atoms with van der Waals surface area (Å²) in [6.07, 6.45) is 2.14. The van der Waals surface area contributed by atoms with Crippen molar-refractivity contribution >= 4 is 11.6 Å². The largest absolute Gasteiger partial charge is 0.383 e. The minimum absolute atomic E-state index is 0.120. The third-order valence-corrected chi connectivity index (χ3v) is 3.22. The molecule has 0 fully saturated rings. The van der Waals surface area contributed by atoms with Crippen LogP contribution >= 0.6 is 11.6 Å². The molecule has 0 spiro atoms. The Bertz CT molecular complexity index is 367. The van der Waals surface area contributed by atoms with Crippen LogP contribution in [0.4, 0.5) is 4.39 Å². The highest BCUT2D eigenvalue weighted by molar-refractivity contribution is 6.30. The molecule has 1 N–H and O–H groups in total. The van der Waals surface area contributed by atoms with Gasteiger partial charge in [0, 0.05) is 19.2 Å². The van der Waals surface area contributed by atoms with Gasteiger partial charge in [0.25, 0.3) is 0 Å². The third-order valence-electron chi connectivity index (χ3n) is 2.93. The summed E-state index contributed by atoms with van der Waals surface area (Å²) in [4.78, 5) is 0. The van der Waals surface area contributed by atoms with Crippen molar-refractivity contribution in [2.45, 2.75) is 38.8 Å². The fraction of sp³-hybridized carbons (Fsp3) is 0.571. The lowest BCUT2D eigenvalue weighted by Crippen LogP contribution is -2.35. The summed E-state index contributed by atoms with van der Waals surface area (Å²) in [5, 5.41) is 3.64. The molecule has 0 bridgehead atoms. The van der Waals surface area contributed by atoms with Crippen LogP contribution in [-0.2, 0) is 4.74 Å². The fourth-order valence-electron chi connectivity index (χ4n) is 2.00. The van der Waals surface area contributed by atoms with Gasteiger partial charge in [-0.3, -0.25) is 0 Å². The zero-order valence-corrected chi connectivity index (χ0v) is 11.9. The average Bonchev–Trinajstić information content (AvgIpc) is 2.33. The molecule has 0 saturated heterocycles. The van der Waals surface area contributed by atoms with Gasteiger partial charge in [-0.15, -0.1) is 0 Å². The second kappa shape index (κ2) is 7.72. The molecular formula is C14H21ClFNO. The fourth-order valence-corrected chi connectivity index (χ4v) is 2.18. The Morgan fingerprint density at radius 3 is 2.72 bits per heavy atom. The number of hydrogen-bond donors (Lipinski definition) is 1.